The highest BCUT2D eigenvalue weighted by Crippen LogP contribution is 2.35. The number of allylic oxidation sites excluding steroid dienone is 1. The summed E-state index contributed by atoms with van der Waals surface area (Å²) in [6.07, 6.45) is 6.17. The lowest BCUT2D eigenvalue weighted by molar-refractivity contribution is -0.144. The smallest absolute Gasteiger partial charge is 0.308 e. The fourth-order valence-electron chi connectivity index (χ4n) is 4.39. The van der Waals surface area contributed by atoms with E-state index in [1.165, 1.54) is 17.2 Å². The first kappa shape index (κ1) is 29.3. The van der Waals surface area contributed by atoms with Crippen LogP contribution in [-0.2, 0) is 20.7 Å². The minimum Gasteiger partial charge on any atom is -0.466 e. The van der Waals surface area contributed by atoms with Gasteiger partial charge in [0.25, 0.3) is 0 Å². The Morgan fingerprint density at radius 3 is 2.56 bits per heavy atom. The number of halogens is 1. The van der Waals surface area contributed by atoms with Crippen molar-refractivity contribution in [2.75, 3.05) is 6.61 Å². The first-order chi connectivity index (χ1) is 17.2. The van der Waals surface area contributed by atoms with Gasteiger partial charge in [0.15, 0.2) is 0 Å². The number of aliphatic hydroxyl groups is 1. The molecule has 0 aliphatic heterocycles. The molecule has 36 heavy (non-hydrogen) atoms. The Hall–Kier alpha value is -2.89. The molecule has 2 atom stereocenters. The monoisotopic (exact) mass is 511 g/mol. The van der Waals surface area contributed by atoms with Crippen molar-refractivity contribution in [3.8, 4) is 11.1 Å². The van der Waals surface area contributed by atoms with E-state index in [0.29, 0.717) is 10.6 Å². The van der Waals surface area contributed by atoms with Gasteiger partial charge in [-0.2, -0.15) is 0 Å². The van der Waals surface area contributed by atoms with Gasteiger partial charge in [-0.05, 0) is 86.4 Å². The molecule has 0 heterocycles. The number of benzene rings is 2. The van der Waals surface area contributed by atoms with Crippen molar-refractivity contribution >= 4 is 23.5 Å². The molecule has 0 spiro atoms. The van der Waals surface area contributed by atoms with Gasteiger partial charge in [-0.3, -0.25) is 9.59 Å². The zero-order valence-corrected chi connectivity index (χ0v) is 22.4. The number of amides is 1. The molecule has 0 aromatic heterocycles. The zero-order valence-electron chi connectivity index (χ0n) is 21.6. The lowest BCUT2D eigenvalue weighted by Gasteiger charge is -2.23. The molecule has 1 amide bonds. The van der Waals surface area contributed by atoms with Crippen molar-refractivity contribution < 1.29 is 19.4 Å². The van der Waals surface area contributed by atoms with Gasteiger partial charge in [0.1, 0.15) is 6.10 Å². The number of hydrogen-bond donors (Lipinski definition) is 2. The third-order valence-corrected chi connectivity index (χ3v) is 6.36. The van der Waals surface area contributed by atoms with Crippen molar-refractivity contribution in [3.05, 3.63) is 82.9 Å². The average Bonchev–Trinajstić information content (AvgIpc) is 2.82. The summed E-state index contributed by atoms with van der Waals surface area (Å²) in [5.41, 5.74) is 6.28. The van der Waals surface area contributed by atoms with Gasteiger partial charge in [-0.15, -0.1) is 13.2 Å². The van der Waals surface area contributed by atoms with Crippen LogP contribution in [0.3, 0.4) is 0 Å². The van der Waals surface area contributed by atoms with Crippen molar-refractivity contribution in [1.82, 2.24) is 5.32 Å². The number of esters is 1. The second-order valence-electron chi connectivity index (χ2n) is 9.00. The van der Waals surface area contributed by atoms with Crippen LogP contribution in [0, 0.1) is 13.8 Å². The molecule has 0 bridgehead atoms. The Balaban J connectivity index is 2.51. The summed E-state index contributed by atoms with van der Waals surface area (Å²) >= 11 is 6.59. The third-order valence-electron chi connectivity index (χ3n) is 6.01. The normalized spacial score (nSPS) is 12.5. The van der Waals surface area contributed by atoms with E-state index in [4.69, 9.17) is 16.3 Å². The summed E-state index contributed by atoms with van der Waals surface area (Å²) in [5.74, 6) is -1.06. The van der Waals surface area contributed by atoms with E-state index >= 15 is 0 Å². The molecular formula is C30H38ClNO4. The van der Waals surface area contributed by atoms with Crippen LogP contribution in [-0.4, -0.2) is 29.7 Å². The highest BCUT2D eigenvalue weighted by Gasteiger charge is 2.25. The van der Waals surface area contributed by atoms with Crippen molar-refractivity contribution in [1.29, 1.82) is 0 Å². The molecule has 0 aliphatic rings. The maximum atomic E-state index is 12.6. The molecule has 0 saturated carbocycles. The topological polar surface area (TPSA) is 75.6 Å². The summed E-state index contributed by atoms with van der Waals surface area (Å²) in [7, 11) is 0. The highest BCUT2D eigenvalue weighted by molar-refractivity contribution is 6.31. The summed E-state index contributed by atoms with van der Waals surface area (Å²) in [6, 6.07) is 9.29. The molecule has 2 rings (SSSR count). The van der Waals surface area contributed by atoms with Crippen LogP contribution in [0.15, 0.2) is 55.6 Å². The van der Waals surface area contributed by atoms with E-state index in [2.05, 4.69) is 44.5 Å². The summed E-state index contributed by atoms with van der Waals surface area (Å²) in [5, 5.41) is 13.3. The number of carbonyl (C=O) groups is 2. The maximum Gasteiger partial charge on any atom is 0.308 e. The number of unbranched alkanes of at least 4 members (excludes halogenated alkanes) is 2. The van der Waals surface area contributed by atoms with E-state index in [1.54, 1.807) is 13.0 Å². The van der Waals surface area contributed by atoms with E-state index < -0.39 is 24.0 Å². The van der Waals surface area contributed by atoms with Crippen LogP contribution in [0.5, 0.6) is 0 Å². The number of hydrogen-bond acceptors (Lipinski definition) is 4. The van der Waals surface area contributed by atoms with Crippen molar-refractivity contribution in [2.24, 2.45) is 0 Å². The maximum absolute atomic E-state index is 12.6. The lowest BCUT2D eigenvalue weighted by Crippen LogP contribution is -2.38. The van der Waals surface area contributed by atoms with E-state index in [9.17, 15) is 14.7 Å². The Morgan fingerprint density at radius 2 is 1.89 bits per heavy atom. The van der Waals surface area contributed by atoms with Crippen LogP contribution in [0.1, 0.15) is 67.3 Å². The molecule has 6 heteroatoms. The standard InChI is InChI=1S/C30H38ClNO4/c1-6-9-10-11-13-22-17-20(4)16-21(5)29(22)23-14-15-25(31)24(18-23)26(19-28(34)36-8-3)32-30(35)27(33)12-7-2/h6-7,14-18,26-27,33H,1-2,8-13,19H2,3-5H3,(H,32,35)/t26-,27+/m0/s1. The Bertz CT molecular complexity index is 1080. The Labute approximate surface area is 220 Å². The van der Waals surface area contributed by atoms with Gasteiger partial charge in [0.05, 0.1) is 19.1 Å². The predicted octanol–water partition coefficient (Wildman–Crippen LogP) is 6.57. The van der Waals surface area contributed by atoms with Gasteiger partial charge in [-0.25, -0.2) is 0 Å². The van der Waals surface area contributed by atoms with E-state index in [0.717, 1.165) is 42.4 Å². The SMILES string of the molecule is C=CCCCCc1cc(C)cc(C)c1-c1ccc(Cl)c([C@H](CC(=O)OCC)NC(=O)[C@H](O)CC=C)c1. The van der Waals surface area contributed by atoms with Gasteiger partial charge >= 0.3 is 5.97 Å². The highest BCUT2D eigenvalue weighted by atomic mass is 35.5. The molecule has 0 saturated heterocycles. The van der Waals surface area contributed by atoms with Crippen molar-refractivity contribution in [3.63, 3.8) is 0 Å². The van der Waals surface area contributed by atoms with E-state index in [-0.39, 0.29) is 19.4 Å². The Morgan fingerprint density at radius 1 is 1.14 bits per heavy atom. The molecule has 2 aromatic rings. The molecule has 2 N–H and O–H groups in total. The summed E-state index contributed by atoms with van der Waals surface area (Å²) in [6.45, 7) is 13.5. The van der Waals surface area contributed by atoms with Crippen LogP contribution in [0.4, 0.5) is 0 Å². The lowest BCUT2D eigenvalue weighted by atomic mass is 9.88. The van der Waals surface area contributed by atoms with Gasteiger partial charge in [0, 0.05) is 11.4 Å². The fourth-order valence-corrected chi connectivity index (χ4v) is 4.64. The number of ether oxygens (including phenoxy) is 1. The number of rotatable bonds is 14. The molecule has 5 nitrogen and oxygen atoms in total. The molecule has 0 unspecified atom stereocenters. The average molecular weight is 512 g/mol. The predicted molar refractivity (Wildman–Crippen MR) is 147 cm³/mol. The van der Waals surface area contributed by atoms with Gasteiger partial charge < -0.3 is 15.2 Å². The fraction of sp³-hybridized carbons (Fsp3) is 0.400. The number of aryl methyl sites for hydroxylation is 3. The first-order valence-corrected chi connectivity index (χ1v) is 12.8. The largest absolute Gasteiger partial charge is 0.466 e. The van der Waals surface area contributed by atoms with E-state index in [1.807, 2.05) is 18.2 Å². The number of aliphatic hydroxyl groups excluding tert-OH is 1. The molecule has 2 aromatic carbocycles. The van der Waals surface area contributed by atoms with Crippen LogP contribution in [0.25, 0.3) is 11.1 Å². The first-order valence-electron chi connectivity index (χ1n) is 12.5. The molecule has 0 radical (unpaired) electrons. The van der Waals surface area contributed by atoms with Gasteiger partial charge in [0.2, 0.25) is 5.91 Å². The van der Waals surface area contributed by atoms with Gasteiger partial charge in [-0.1, -0.05) is 47.5 Å². The number of carbonyl (C=O) groups excluding carboxylic acids is 2. The van der Waals surface area contributed by atoms with Crippen molar-refractivity contribution in [2.45, 2.75) is 71.4 Å². The molecule has 0 aliphatic carbocycles. The third kappa shape index (κ3) is 8.35. The quantitative estimate of drug-likeness (QED) is 0.171. The molecule has 0 fully saturated rings. The second-order valence-corrected chi connectivity index (χ2v) is 9.40. The number of nitrogens with one attached hydrogen (secondary N) is 1. The molecule has 194 valence electrons. The van der Waals surface area contributed by atoms with Crippen LogP contribution in [0.2, 0.25) is 5.02 Å². The van der Waals surface area contributed by atoms with Crippen LogP contribution < -0.4 is 5.32 Å². The Kier molecular flexibility index (Phi) is 11.9. The molecular weight excluding hydrogens is 474 g/mol. The summed E-state index contributed by atoms with van der Waals surface area (Å²) < 4.78 is 5.13. The zero-order chi connectivity index (χ0) is 26.7. The van der Waals surface area contributed by atoms with Crippen LogP contribution >= 0.6 is 11.6 Å². The summed E-state index contributed by atoms with van der Waals surface area (Å²) in [4.78, 5) is 25.0. The minimum atomic E-state index is -1.27. The second kappa shape index (κ2) is 14.6. The minimum absolute atomic E-state index is 0.101.